The first-order valence-electron chi connectivity index (χ1n) is 9.09. The fraction of sp³-hybridized carbons (Fsp3) is 0.368. The van der Waals surface area contributed by atoms with Crippen molar-refractivity contribution in [2.75, 3.05) is 6.54 Å². The molecule has 4 rings (SSSR count). The Morgan fingerprint density at radius 2 is 2.15 bits per heavy atom. The van der Waals surface area contributed by atoms with Crippen LogP contribution in [-0.2, 0) is 16.1 Å². The predicted octanol–water partition coefficient (Wildman–Crippen LogP) is 0.971. The van der Waals surface area contributed by atoms with Crippen molar-refractivity contribution in [1.29, 1.82) is 0 Å². The standard InChI is InChI=1S/C19H21N5O3/c1-11-16-17(23-22-11)12-5-2-3-6-14(12)24(19(16)27)10-4-9-20-18(26)13-7-8-15(25)21-13/h2-3,5-6,13H,4,7-10H2,1H3,(H,20,26)(H,21,25)(H,22,23). The van der Waals surface area contributed by atoms with Gasteiger partial charge in [-0.2, -0.15) is 5.10 Å². The third-order valence-electron chi connectivity index (χ3n) is 5.03. The SMILES string of the molecule is Cc1[nH]nc2c1c(=O)n(CCCNC(=O)C1CCC(=O)N1)c1ccccc21. The first-order chi connectivity index (χ1) is 13.1. The number of nitrogens with zero attached hydrogens (tertiary/aromatic N) is 2. The van der Waals surface area contributed by atoms with Crippen LogP contribution in [0, 0.1) is 6.92 Å². The number of carbonyl (C=O) groups is 2. The van der Waals surface area contributed by atoms with Crippen LogP contribution in [0.25, 0.3) is 21.8 Å². The van der Waals surface area contributed by atoms with Gasteiger partial charge in [-0.05, 0) is 25.8 Å². The minimum Gasteiger partial charge on any atom is -0.354 e. The van der Waals surface area contributed by atoms with Crippen LogP contribution in [0.2, 0.25) is 0 Å². The number of hydrogen-bond donors (Lipinski definition) is 3. The monoisotopic (exact) mass is 367 g/mol. The molecule has 3 aromatic rings. The van der Waals surface area contributed by atoms with E-state index in [1.807, 2.05) is 31.2 Å². The van der Waals surface area contributed by atoms with E-state index in [0.29, 0.717) is 43.3 Å². The molecule has 27 heavy (non-hydrogen) atoms. The number of fused-ring (bicyclic) bond motifs is 3. The molecule has 1 unspecified atom stereocenters. The molecule has 8 heteroatoms. The Morgan fingerprint density at radius 1 is 1.33 bits per heavy atom. The van der Waals surface area contributed by atoms with Crippen molar-refractivity contribution in [1.82, 2.24) is 25.4 Å². The van der Waals surface area contributed by atoms with Gasteiger partial charge in [0, 0.05) is 30.6 Å². The fourth-order valence-corrected chi connectivity index (χ4v) is 3.64. The third kappa shape index (κ3) is 3.07. The van der Waals surface area contributed by atoms with E-state index in [-0.39, 0.29) is 17.4 Å². The Balaban J connectivity index is 1.52. The van der Waals surface area contributed by atoms with E-state index in [0.717, 1.165) is 16.6 Å². The molecule has 0 radical (unpaired) electrons. The molecule has 0 spiro atoms. The maximum Gasteiger partial charge on any atom is 0.262 e. The summed E-state index contributed by atoms with van der Waals surface area (Å²) in [7, 11) is 0. The van der Waals surface area contributed by atoms with E-state index in [4.69, 9.17) is 0 Å². The number of aromatic nitrogens is 3. The summed E-state index contributed by atoms with van der Waals surface area (Å²) in [6, 6.07) is 7.25. The summed E-state index contributed by atoms with van der Waals surface area (Å²) in [5.74, 6) is -0.254. The van der Waals surface area contributed by atoms with Crippen LogP contribution in [0.4, 0.5) is 0 Å². The van der Waals surface area contributed by atoms with Gasteiger partial charge in [0.05, 0.1) is 10.9 Å². The Bertz CT molecular complexity index is 1100. The topological polar surface area (TPSA) is 109 Å². The van der Waals surface area contributed by atoms with Crippen LogP contribution in [0.5, 0.6) is 0 Å². The number of amides is 2. The Kier molecular flexibility index (Phi) is 4.39. The average molecular weight is 367 g/mol. The van der Waals surface area contributed by atoms with Crippen molar-refractivity contribution in [3.05, 3.63) is 40.3 Å². The van der Waals surface area contributed by atoms with Gasteiger partial charge in [-0.3, -0.25) is 19.5 Å². The minimum atomic E-state index is -0.439. The van der Waals surface area contributed by atoms with E-state index in [2.05, 4.69) is 20.8 Å². The second kappa shape index (κ2) is 6.86. The van der Waals surface area contributed by atoms with Gasteiger partial charge in [-0.15, -0.1) is 0 Å². The molecule has 2 amide bonds. The maximum atomic E-state index is 13.0. The first kappa shape index (κ1) is 17.3. The molecule has 0 aliphatic carbocycles. The number of aryl methyl sites for hydroxylation is 2. The van der Waals surface area contributed by atoms with Crippen LogP contribution in [0.15, 0.2) is 29.1 Å². The number of hydrogen-bond acceptors (Lipinski definition) is 4. The molecule has 1 aliphatic heterocycles. The van der Waals surface area contributed by atoms with Crippen LogP contribution in [0.3, 0.4) is 0 Å². The number of pyridine rings is 1. The van der Waals surface area contributed by atoms with Crippen molar-refractivity contribution < 1.29 is 9.59 Å². The summed E-state index contributed by atoms with van der Waals surface area (Å²) >= 11 is 0. The van der Waals surface area contributed by atoms with E-state index >= 15 is 0 Å². The molecule has 0 saturated carbocycles. The van der Waals surface area contributed by atoms with E-state index in [1.165, 1.54) is 0 Å². The zero-order valence-electron chi connectivity index (χ0n) is 15.0. The van der Waals surface area contributed by atoms with Gasteiger partial charge >= 0.3 is 0 Å². The van der Waals surface area contributed by atoms with Crippen molar-refractivity contribution >= 4 is 33.6 Å². The second-order valence-electron chi connectivity index (χ2n) is 6.85. The smallest absolute Gasteiger partial charge is 0.262 e. The molecule has 1 saturated heterocycles. The molecule has 2 aromatic heterocycles. The van der Waals surface area contributed by atoms with Crippen molar-refractivity contribution in [3.63, 3.8) is 0 Å². The lowest BCUT2D eigenvalue weighted by Gasteiger charge is -2.13. The molecule has 140 valence electrons. The summed E-state index contributed by atoms with van der Waals surface area (Å²) < 4.78 is 1.74. The maximum absolute atomic E-state index is 13.0. The third-order valence-corrected chi connectivity index (χ3v) is 5.03. The molecule has 0 bridgehead atoms. The van der Waals surface area contributed by atoms with Crippen molar-refractivity contribution in [3.8, 4) is 0 Å². The summed E-state index contributed by atoms with van der Waals surface area (Å²) in [5.41, 5.74) is 2.19. The number of carbonyl (C=O) groups excluding carboxylic acids is 2. The fourth-order valence-electron chi connectivity index (χ4n) is 3.64. The van der Waals surface area contributed by atoms with Gasteiger partial charge in [0.25, 0.3) is 5.56 Å². The molecule has 1 fully saturated rings. The molecule has 1 aromatic carbocycles. The molecule has 1 aliphatic rings. The normalized spacial score (nSPS) is 16.8. The zero-order chi connectivity index (χ0) is 19.0. The second-order valence-corrected chi connectivity index (χ2v) is 6.85. The quantitative estimate of drug-likeness (QED) is 0.584. The van der Waals surface area contributed by atoms with Gasteiger partial charge in [0.1, 0.15) is 11.6 Å². The van der Waals surface area contributed by atoms with E-state index in [9.17, 15) is 14.4 Å². The molecule has 8 nitrogen and oxygen atoms in total. The number of H-pyrrole nitrogens is 1. The summed E-state index contributed by atoms with van der Waals surface area (Å²) in [4.78, 5) is 36.2. The summed E-state index contributed by atoms with van der Waals surface area (Å²) in [6.45, 7) is 2.76. The van der Waals surface area contributed by atoms with Gasteiger partial charge in [0.15, 0.2) is 0 Å². The zero-order valence-corrected chi connectivity index (χ0v) is 15.0. The highest BCUT2D eigenvalue weighted by molar-refractivity contribution is 6.03. The van der Waals surface area contributed by atoms with Crippen LogP contribution in [0.1, 0.15) is 25.0 Å². The van der Waals surface area contributed by atoms with Gasteiger partial charge < -0.3 is 15.2 Å². The van der Waals surface area contributed by atoms with Gasteiger partial charge in [-0.25, -0.2) is 0 Å². The van der Waals surface area contributed by atoms with E-state index in [1.54, 1.807) is 4.57 Å². The molecule has 3 heterocycles. The minimum absolute atomic E-state index is 0.0793. The van der Waals surface area contributed by atoms with Gasteiger partial charge in [-0.1, -0.05) is 18.2 Å². The van der Waals surface area contributed by atoms with Crippen LogP contribution < -0.4 is 16.2 Å². The Morgan fingerprint density at radius 3 is 2.93 bits per heavy atom. The average Bonchev–Trinajstić information content (AvgIpc) is 3.27. The van der Waals surface area contributed by atoms with Crippen LogP contribution >= 0.6 is 0 Å². The number of benzene rings is 1. The number of rotatable bonds is 5. The lowest BCUT2D eigenvalue weighted by Crippen LogP contribution is -2.42. The summed E-state index contributed by atoms with van der Waals surface area (Å²) in [6.07, 6.45) is 1.54. The highest BCUT2D eigenvalue weighted by Crippen LogP contribution is 2.22. The van der Waals surface area contributed by atoms with Crippen molar-refractivity contribution in [2.24, 2.45) is 0 Å². The van der Waals surface area contributed by atoms with E-state index < -0.39 is 6.04 Å². The summed E-state index contributed by atoms with van der Waals surface area (Å²) in [5, 5.41) is 14.2. The molecular formula is C19H21N5O3. The van der Waals surface area contributed by atoms with Gasteiger partial charge in [0.2, 0.25) is 11.8 Å². The van der Waals surface area contributed by atoms with Crippen LogP contribution in [-0.4, -0.2) is 39.2 Å². The predicted molar refractivity (Wildman–Crippen MR) is 101 cm³/mol. The highest BCUT2D eigenvalue weighted by Gasteiger charge is 2.26. The number of para-hydroxylation sites is 1. The first-order valence-corrected chi connectivity index (χ1v) is 9.09. The molecular weight excluding hydrogens is 346 g/mol. The molecule has 1 atom stereocenters. The Labute approximate surface area is 154 Å². The Hall–Kier alpha value is -3.16. The molecule has 3 N–H and O–H groups in total. The largest absolute Gasteiger partial charge is 0.354 e. The lowest BCUT2D eigenvalue weighted by molar-refractivity contribution is -0.125. The lowest BCUT2D eigenvalue weighted by atomic mass is 10.1. The van der Waals surface area contributed by atoms with Crippen molar-refractivity contribution in [2.45, 2.75) is 38.8 Å². The highest BCUT2D eigenvalue weighted by atomic mass is 16.2. The number of aromatic amines is 1. The number of nitrogens with one attached hydrogen (secondary N) is 3.